The van der Waals surface area contributed by atoms with E-state index in [1.165, 1.54) is 12.4 Å². The molecule has 5 nitrogen and oxygen atoms in total. The van der Waals surface area contributed by atoms with Gasteiger partial charge in [-0.25, -0.2) is 9.78 Å². The van der Waals surface area contributed by atoms with Crippen LogP contribution in [0.2, 0.25) is 0 Å². The van der Waals surface area contributed by atoms with Gasteiger partial charge in [0.05, 0.1) is 13.2 Å². The fraction of sp³-hybridized carbons (Fsp3) is 0.500. The maximum atomic E-state index is 10.1. The Balaban J connectivity index is 0.000000132. The number of nitrogens with one attached hydrogen (secondary N) is 2. The number of H-pyrrole nitrogens is 1. The van der Waals surface area contributed by atoms with E-state index < -0.39 is 0 Å². The monoisotopic (exact) mass is 183 g/mol. The molecule has 0 bridgehead atoms. The van der Waals surface area contributed by atoms with E-state index in [-0.39, 0.29) is 5.69 Å². The van der Waals surface area contributed by atoms with E-state index in [9.17, 15) is 4.79 Å². The molecular formula is C8H13N3O2. The quantitative estimate of drug-likeness (QED) is 0.562. The smallest absolute Gasteiger partial charge is 0.344 e. The van der Waals surface area contributed by atoms with Gasteiger partial charge in [0.25, 0.3) is 0 Å². The Bertz CT molecular complexity index is 241. The molecule has 0 radical (unpaired) electrons. The summed E-state index contributed by atoms with van der Waals surface area (Å²) in [4.78, 5) is 15.8. The molecule has 13 heavy (non-hydrogen) atoms. The summed E-state index contributed by atoms with van der Waals surface area (Å²) in [6.45, 7) is 3.83. The minimum atomic E-state index is -0.303. The normalized spacial score (nSPS) is 15.7. The minimum absolute atomic E-state index is 0.303. The molecular weight excluding hydrogens is 170 g/mol. The molecule has 2 heterocycles. The van der Waals surface area contributed by atoms with Gasteiger partial charge in [-0.15, -0.1) is 0 Å². The fourth-order valence-corrected chi connectivity index (χ4v) is 0.826. The van der Waals surface area contributed by atoms with Crippen molar-refractivity contribution in [3.05, 3.63) is 28.9 Å². The largest absolute Gasteiger partial charge is 0.379 e. The highest BCUT2D eigenvalue weighted by molar-refractivity contribution is 4.75. The first-order valence-corrected chi connectivity index (χ1v) is 4.18. The van der Waals surface area contributed by atoms with Crippen molar-refractivity contribution in [2.75, 3.05) is 26.3 Å². The zero-order valence-electron chi connectivity index (χ0n) is 7.32. The van der Waals surface area contributed by atoms with Crippen molar-refractivity contribution in [3.8, 4) is 0 Å². The average Bonchev–Trinajstić information content (AvgIpc) is 2.22. The maximum Gasteiger partial charge on any atom is 0.344 e. The fourth-order valence-electron chi connectivity index (χ4n) is 0.826. The van der Waals surface area contributed by atoms with E-state index in [1.54, 1.807) is 6.07 Å². The van der Waals surface area contributed by atoms with E-state index in [0.717, 1.165) is 26.3 Å². The molecule has 1 aromatic heterocycles. The summed E-state index contributed by atoms with van der Waals surface area (Å²) in [5.74, 6) is 0. The third kappa shape index (κ3) is 5.10. The van der Waals surface area contributed by atoms with Crippen LogP contribution in [0.4, 0.5) is 0 Å². The van der Waals surface area contributed by atoms with Gasteiger partial charge < -0.3 is 15.0 Å². The highest BCUT2D eigenvalue weighted by Gasteiger charge is 1.92. The summed E-state index contributed by atoms with van der Waals surface area (Å²) < 4.78 is 5.01. The number of nitrogens with zero attached hydrogens (tertiary/aromatic N) is 1. The zero-order chi connectivity index (χ0) is 9.36. The molecule has 0 saturated carbocycles. The van der Waals surface area contributed by atoms with E-state index >= 15 is 0 Å². The minimum Gasteiger partial charge on any atom is -0.379 e. The molecule has 1 saturated heterocycles. The number of hydrogen-bond acceptors (Lipinski definition) is 4. The average molecular weight is 183 g/mol. The van der Waals surface area contributed by atoms with Crippen LogP contribution in [0.25, 0.3) is 0 Å². The molecule has 1 aliphatic rings. The Morgan fingerprint density at radius 2 is 2.15 bits per heavy atom. The van der Waals surface area contributed by atoms with Crippen LogP contribution in [0.3, 0.4) is 0 Å². The third-order valence-corrected chi connectivity index (χ3v) is 1.43. The SMILES string of the molecule is C1COCCN1.O=c1nccc[nH]1. The number of aromatic amines is 1. The van der Waals surface area contributed by atoms with Gasteiger partial charge in [0.1, 0.15) is 0 Å². The number of aromatic nitrogens is 2. The van der Waals surface area contributed by atoms with Gasteiger partial charge in [-0.3, -0.25) is 0 Å². The van der Waals surface area contributed by atoms with E-state index in [0.29, 0.717) is 0 Å². The lowest BCUT2D eigenvalue weighted by Gasteiger charge is -2.10. The molecule has 0 atom stereocenters. The standard InChI is InChI=1S/C4H4N2O.C4H9NO/c7-4-5-2-1-3-6-4;1-3-6-4-2-5-1/h1-3H,(H,5,6,7);5H,1-4H2. The Morgan fingerprint density at radius 1 is 1.38 bits per heavy atom. The van der Waals surface area contributed by atoms with E-state index in [2.05, 4.69) is 15.3 Å². The summed E-state index contributed by atoms with van der Waals surface area (Å²) in [6, 6.07) is 1.65. The van der Waals surface area contributed by atoms with Gasteiger partial charge in [-0.2, -0.15) is 0 Å². The van der Waals surface area contributed by atoms with Crippen molar-refractivity contribution in [1.82, 2.24) is 15.3 Å². The second-order valence-electron chi connectivity index (χ2n) is 2.45. The number of rotatable bonds is 0. The highest BCUT2D eigenvalue weighted by atomic mass is 16.5. The molecule has 72 valence electrons. The predicted octanol–water partition coefficient (Wildman–Crippen LogP) is -0.624. The van der Waals surface area contributed by atoms with Gasteiger partial charge in [0.15, 0.2) is 0 Å². The van der Waals surface area contributed by atoms with E-state index in [1.807, 2.05) is 0 Å². The Hall–Kier alpha value is -1.20. The summed E-state index contributed by atoms with van der Waals surface area (Å²) in [6.07, 6.45) is 2.98. The van der Waals surface area contributed by atoms with Gasteiger partial charge in [-0.1, -0.05) is 0 Å². The van der Waals surface area contributed by atoms with Crippen LogP contribution in [0.15, 0.2) is 23.3 Å². The van der Waals surface area contributed by atoms with Crippen LogP contribution >= 0.6 is 0 Å². The van der Waals surface area contributed by atoms with Crippen molar-refractivity contribution in [1.29, 1.82) is 0 Å². The first-order valence-electron chi connectivity index (χ1n) is 4.18. The van der Waals surface area contributed by atoms with Crippen molar-refractivity contribution in [3.63, 3.8) is 0 Å². The first-order chi connectivity index (χ1) is 6.39. The Labute approximate surface area is 76.2 Å². The second-order valence-corrected chi connectivity index (χ2v) is 2.45. The molecule has 1 fully saturated rings. The molecule has 2 rings (SSSR count). The molecule has 2 N–H and O–H groups in total. The van der Waals surface area contributed by atoms with Crippen molar-refractivity contribution < 1.29 is 4.74 Å². The molecule has 1 aliphatic heterocycles. The molecule has 0 amide bonds. The zero-order valence-corrected chi connectivity index (χ0v) is 7.32. The molecule has 0 aliphatic carbocycles. The lowest BCUT2D eigenvalue weighted by molar-refractivity contribution is 0.109. The van der Waals surface area contributed by atoms with Gasteiger partial charge in [0, 0.05) is 25.5 Å². The highest BCUT2D eigenvalue weighted by Crippen LogP contribution is 1.76. The van der Waals surface area contributed by atoms with Gasteiger partial charge >= 0.3 is 5.69 Å². The van der Waals surface area contributed by atoms with Crippen LogP contribution in [-0.2, 0) is 4.74 Å². The summed E-state index contributed by atoms with van der Waals surface area (Å²) in [7, 11) is 0. The molecule has 0 aromatic carbocycles. The third-order valence-electron chi connectivity index (χ3n) is 1.43. The lowest BCUT2D eigenvalue weighted by atomic mass is 10.5. The van der Waals surface area contributed by atoms with Crippen LogP contribution in [0.5, 0.6) is 0 Å². The predicted molar refractivity (Wildman–Crippen MR) is 48.5 cm³/mol. The van der Waals surface area contributed by atoms with Gasteiger partial charge in [0.2, 0.25) is 0 Å². The van der Waals surface area contributed by atoms with Crippen LogP contribution in [0, 0.1) is 0 Å². The van der Waals surface area contributed by atoms with Crippen molar-refractivity contribution in [2.45, 2.75) is 0 Å². The van der Waals surface area contributed by atoms with E-state index in [4.69, 9.17) is 4.74 Å². The summed E-state index contributed by atoms with van der Waals surface area (Å²) in [5.41, 5.74) is -0.303. The van der Waals surface area contributed by atoms with Crippen LogP contribution in [0.1, 0.15) is 0 Å². The lowest BCUT2D eigenvalue weighted by Crippen LogP contribution is -2.30. The Morgan fingerprint density at radius 3 is 2.38 bits per heavy atom. The second kappa shape index (κ2) is 6.33. The number of morpholine rings is 1. The number of ether oxygens (including phenoxy) is 1. The molecule has 5 heteroatoms. The van der Waals surface area contributed by atoms with Gasteiger partial charge in [-0.05, 0) is 6.07 Å². The first kappa shape index (κ1) is 9.88. The Kier molecular flexibility index (Phi) is 4.81. The summed E-state index contributed by atoms with van der Waals surface area (Å²) in [5, 5.41) is 3.16. The molecule has 1 aromatic rings. The van der Waals surface area contributed by atoms with Crippen LogP contribution in [-0.4, -0.2) is 36.3 Å². The summed E-state index contributed by atoms with van der Waals surface area (Å²) >= 11 is 0. The van der Waals surface area contributed by atoms with Crippen molar-refractivity contribution in [2.24, 2.45) is 0 Å². The van der Waals surface area contributed by atoms with Crippen LogP contribution < -0.4 is 11.0 Å². The van der Waals surface area contributed by atoms with Crippen molar-refractivity contribution >= 4 is 0 Å². The topological polar surface area (TPSA) is 67.0 Å². The molecule has 0 unspecified atom stereocenters. The molecule has 0 spiro atoms. The maximum absolute atomic E-state index is 10.1. The number of hydrogen-bond donors (Lipinski definition) is 2.